The van der Waals surface area contributed by atoms with E-state index in [2.05, 4.69) is 25.4 Å². The minimum absolute atomic E-state index is 0. The van der Waals surface area contributed by atoms with Crippen molar-refractivity contribution < 1.29 is 0 Å². The van der Waals surface area contributed by atoms with Gasteiger partial charge < -0.3 is 10.6 Å². The van der Waals surface area contributed by atoms with Crippen LogP contribution in [0.25, 0.3) is 0 Å². The lowest BCUT2D eigenvalue weighted by atomic mass is 9.96. The smallest absolute Gasteiger partial charge is 0.191 e. The second kappa shape index (κ2) is 8.53. The first-order valence-corrected chi connectivity index (χ1v) is 8.29. The predicted molar refractivity (Wildman–Crippen MR) is 98.6 cm³/mol. The number of piperazine rings is 3. The number of nitrogens with one attached hydrogen (secondary N) is 2. The fourth-order valence-corrected chi connectivity index (χ4v) is 3.77. The summed E-state index contributed by atoms with van der Waals surface area (Å²) in [6.07, 6.45) is 6.71. The van der Waals surface area contributed by atoms with E-state index < -0.39 is 0 Å². The van der Waals surface area contributed by atoms with Crippen LogP contribution >= 0.6 is 24.0 Å². The van der Waals surface area contributed by atoms with Crippen LogP contribution in [0.5, 0.6) is 0 Å². The van der Waals surface area contributed by atoms with Gasteiger partial charge in [-0.15, -0.1) is 24.0 Å². The number of rotatable bonds is 3. The first-order valence-electron chi connectivity index (χ1n) is 8.29. The van der Waals surface area contributed by atoms with Gasteiger partial charge in [0.1, 0.15) is 0 Å². The maximum Gasteiger partial charge on any atom is 0.191 e. The minimum atomic E-state index is 0. The zero-order valence-electron chi connectivity index (χ0n) is 13.2. The highest BCUT2D eigenvalue weighted by atomic mass is 127. The van der Waals surface area contributed by atoms with E-state index in [0.29, 0.717) is 12.1 Å². The van der Waals surface area contributed by atoms with Crippen LogP contribution in [0.1, 0.15) is 32.1 Å². The molecule has 4 rings (SSSR count). The molecule has 3 saturated heterocycles. The van der Waals surface area contributed by atoms with Gasteiger partial charge in [0.15, 0.2) is 5.96 Å². The third-order valence-corrected chi connectivity index (χ3v) is 5.07. The van der Waals surface area contributed by atoms with Crippen LogP contribution < -0.4 is 10.6 Å². The third kappa shape index (κ3) is 4.69. The standard InChI is InChI=1S/C15H29N5.HI/c1-16-15(18-13-5-3-2-4-6-13)17-11-14-12-19-7-9-20(14)10-8-19;/h13-14H,2-12H2,1H3,(H2,16,17,18);1H. The van der Waals surface area contributed by atoms with Crippen LogP contribution in [0.4, 0.5) is 0 Å². The molecular formula is C15H30IN5. The van der Waals surface area contributed by atoms with Crippen molar-refractivity contribution in [2.45, 2.75) is 44.2 Å². The van der Waals surface area contributed by atoms with Crippen LogP contribution in [0.2, 0.25) is 0 Å². The molecule has 4 fully saturated rings. The van der Waals surface area contributed by atoms with Gasteiger partial charge >= 0.3 is 0 Å². The summed E-state index contributed by atoms with van der Waals surface area (Å²) in [7, 11) is 1.88. The average molecular weight is 407 g/mol. The van der Waals surface area contributed by atoms with Crippen molar-refractivity contribution in [3.05, 3.63) is 0 Å². The fourth-order valence-electron chi connectivity index (χ4n) is 3.77. The number of hydrogen-bond acceptors (Lipinski definition) is 3. The van der Waals surface area contributed by atoms with Gasteiger partial charge in [0.05, 0.1) is 0 Å². The number of aliphatic imine (C=N–C) groups is 1. The molecule has 122 valence electrons. The zero-order chi connectivity index (χ0) is 13.8. The molecule has 2 bridgehead atoms. The Balaban J connectivity index is 0.00000161. The van der Waals surface area contributed by atoms with Crippen molar-refractivity contribution >= 4 is 29.9 Å². The van der Waals surface area contributed by atoms with Gasteiger partial charge in [-0.2, -0.15) is 0 Å². The number of hydrogen-bond donors (Lipinski definition) is 2. The molecule has 1 aliphatic carbocycles. The highest BCUT2D eigenvalue weighted by Crippen LogP contribution is 2.17. The third-order valence-electron chi connectivity index (χ3n) is 5.07. The lowest BCUT2D eigenvalue weighted by Gasteiger charge is -2.47. The maximum atomic E-state index is 4.39. The van der Waals surface area contributed by atoms with Crippen LogP contribution in [0.15, 0.2) is 4.99 Å². The van der Waals surface area contributed by atoms with Gasteiger partial charge in [-0.05, 0) is 12.8 Å². The van der Waals surface area contributed by atoms with E-state index in [1.165, 1.54) is 64.8 Å². The van der Waals surface area contributed by atoms with E-state index in [1.54, 1.807) is 0 Å². The Kier molecular flexibility index (Phi) is 7.01. The molecule has 0 radical (unpaired) electrons. The Morgan fingerprint density at radius 3 is 2.38 bits per heavy atom. The molecule has 21 heavy (non-hydrogen) atoms. The normalized spacial score (nSPS) is 33.4. The molecule has 4 aliphatic rings. The SMILES string of the molecule is CN=C(NCC1CN2CCN1CC2)NC1CCCCC1.I. The largest absolute Gasteiger partial charge is 0.355 e. The van der Waals surface area contributed by atoms with Gasteiger partial charge in [-0.25, -0.2) is 0 Å². The number of guanidine groups is 1. The first kappa shape index (κ1) is 17.3. The van der Waals surface area contributed by atoms with Crippen molar-refractivity contribution in [3.8, 4) is 0 Å². The van der Waals surface area contributed by atoms with Crippen molar-refractivity contribution in [2.24, 2.45) is 4.99 Å². The fraction of sp³-hybridized carbons (Fsp3) is 0.933. The summed E-state index contributed by atoms with van der Waals surface area (Å²) >= 11 is 0. The topological polar surface area (TPSA) is 42.9 Å². The van der Waals surface area contributed by atoms with Crippen molar-refractivity contribution in [2.75, 3.05) is 46.3 Å². The Hall–Kier alpha value is -0.0800. The molecule has 2 N–H and O–H groups in total. The molecule has 1 unspecified atom stereocenters. The molecule has 5 nitrogen and oxygen atoms in total. The molecule has 0 amide bonds. The summed E-state index contributed by atoms with van der Waals surface area (Å²) in [6, 6.07) is 1.28. The second-order valence-electron chi connectivity index (χ2n) is 6.42. The van der Waals surface area contributed by atoms with Crippen LogP contribution in [0, 0.1) is 0 Å². The van der Waals surface area contributed by atoms with E-state index in [1.807, 2.05) is 7.05 Å². The van der Waals surface area contributed by atoms with E-state index in [4.69, 9.17) is 0 Å². The van der Waals surface area contributed by atoms with Crippen LogP contribution in [0.3, 0.4) is 0 Å². The molecule has 1 saturated carbocycles. The molecule has 3 heterocycles. The molecule has 0 aromatic rings. The summed E-state index contributed by atoms with van der Waals surface area (Å²) in [6.45, 7) is 7.22. The molecule has 1 atom stereocenters. The molecule has 0 aromatic carbocycles. The summed E-state index contributed by atoms with van der Waals surface area (Å²) in [5, 5.41) is 7.14. The van der Waals surface area contributed by atoms with Gasteiger partial charge in [-0.1, -0.05) is 19.3 Å². The summed E-state index contributed by atoms with van der Waals surface area (Å²) in [5.41, 5.74) is 0. The van der Waals surface area contributed by atoms with Gasteiger partial charge in [0.25, 0.3) is 0 Å². The van der Waals surface area contributed by atoms with E-state index in [9.17, 15) is 0 Å². The highest BCUT2D eigenvalue weighted by Gasteiger charge is 2.31. The molecule has 3 aliphatic heterocycles. The van der Waals surface area contributed by atoms with E-state index in [0.717, 1.165) is 12.5 Å². The van der Waals surface area contributed by atoms with Gasteiger partial charge in [0.2, 0.25) is 0 Å². The molecule has 0 aromatic heterocycles. The Morgan fingerprint density at radius 1 is 1.10 bits per heavy atom. The highest BCUT2D eigenvalue weighted by molar-refractivity contribution is 14.0. The van der Waals surface area contributed by atoms with Crippen LogP contribution in [-0.2, 0) is 0 Å². The molecular weight excluding hydrogens is 377 g/mol. The monoisotopic (exact) mass is 407 g/mol. The minimum Gasteiger partial charge on any atom is -0.355 e. The second-order valence-corrected chi connectivity index (χ2v) is 6.42. The Bertz CT molecular complexity index is 335. The van der Waals surface area contributed by atoms with Crippen molar-refractivity contribution in [3.63, 3.8) is 0 Å². The van der Waals surface area contributed by atoms with Gasteiger partial charge in [0, 0.05) is 58.4 Å². The first-order chi connectivity index (χ1) is 9.85. The van der Waals surface area contributed by atoms with Crippen molar-refractivity contribution in [1.82, 2.24) is 20.4 Å². The number of nitrogens with zero attached hydrogens (tertiary/aromatic N) is 3. The Morgan fingerprint density at radius 2 is 1.81 bits per heavy atom. The van der Waals surface area contributed by atoms with E-state index in [-0.39, 0.29) is 24.0 Å². The molecule has 6 heteroatoms. The predicted octanol–water partition coefficient (Wildman–Crippen LogP) is 1.10. The van der Waals surface area contributed by atoms with Crippen molar-refractivity contribution in [1.29, 1.82) is 0 Å². The summed E-state index contributed by atoms with van der Waals surface area (Å²) in [5.74, 6) is 0.995. The average Bonchev–Trinajstić information content (AvgIpc) is 2.53. The number of halogens is 1. The maximum absolute atomic E-state index is 4.39. The zero-order valence-corrected chi connectivity index (χ0v) is 15.5. The Labute approximate surface area is 145 Å². The van der Waals surface area contributed by atoms with Crippen LogP contribution in [-0.4, -0.2) is 74.2 Å². The summed E-state index contributed by atoms with van der Waals surface area (Å²) in [4.78, 5) is 9.60. The number of fused-ring (bicyclic) bond motifs is 3. The quantitative estimate of drug-likeness (QED) is 0.418. The lowest BCUT2D eigenvalue weighted by molar-refractivity contribution is 0.0154. The van der Waals surface area contributed by atoms with E-state index >= 15 is 0 Å². The molecule has 0 spiro atoms. The van der Waals surface area contributed by atoms with Gasteiger partial charge in [-0.3, -0.25) is 14.8 Å². The summed E-state index contributed by atoms with van der Waals surface area (Å²) < 4.78 is 0. The lowest BCUT2D eigenvalue weighted by Crippen LogP contribution is -2.64.